The Bertz CT molecular complexity index is 1680. The van der Waals surface area contributed by atoms with Crippen molar-refractivity contribution in [3.05, 3.63) is 119 Å². The second-order valence-electron chi connectivity index (χ2n) is 11.0. The average Bonchev–Trinajstić information content (AvgIpc) is 3.13. The van der Waals surface area contributed by atoms with Crippen LogP contribution in [-0.2, 0) is 24.2 Å². The lowest BCUT2D eigenvalue weighted by Crippen LogP contribution is -2.09. The first-order valence-electron chi connectivity index (χ1n) is 16.6. The monoisotopic (exact) mass is 667 g/mol. The number of aliphatic hydroxyl groups is 1. The zero-order chi connectivity index (χ0) is 35.6. The van der Waals surface area contributed by atoms with Crippen LogP contribution in [0.5, 0.6) is 28.7 Å². The van der Waals surface area contributed by atoms with Gasteiger partial charge in [0.15, 0.2) is 0 Å². The molecule has 0 bridgehead atoms. The van der Waals surface area contributed by atoms with Crippen LogP contribution in [-0.4, -0.2) is 44.2 Å². The van der Waals surface area contributed by atoms with Crippen molar-refractivity contribution >= 4 is 17.3 Å². The summed E-state index contributed by atoms with van der Waals surface area (Å²) in [4.78, 5) is 12.3. The van der Waals surface area contributed by atoms with E-state index in [2.05, 4.69) is 19.9 Å². The van der Waals surface area contributed by atoms with Crippen LogP contribution >= 0.6 is 0 Å². The van der Waals surface area contributed by atoms with Gasteiger partial charge in [0.2, 0.25) is 0 Å². The Hall–Kier alpha value is -5.08. The third kappa shape index (κ3) is 10.7. The Labute approximate surface area is 290 Å². The highest BCUT2D eigenvalue weighted by atomic mass is 16.5. The number of esters is 1. The Morgan fingerprint density at radius 2 is 1.43 bits per heavy atom. The molecule has 0 aliphatic carbocycles. The van der Waals surface area contributed by atoms with Gasteiger partial charge in [0.05, 0.1) is 20.3 Å². The van der Waals surface area contributed by atoms with E-state index in [-0.39, 0.29) is 0 Å². The minimum atomic E-state index is -0.451. The number of aliphatic hydroxyl groups excluding tert-OH is 1. The molecule has 8 nitrogen and oxygen atoms in total. The smallest absolute Gasteiger partial charge is 0.341 e. The molecular weight excluding hydrogens is 618 g/mol. The number of carbonyl (C=O) groups excluding carboxylic acids is 1. The Morgan fingerprint density at radius 1 is 0.776 bits per heavy atom. The highest BCUT2D eigenvalue weighted by Gasteiger charge is 2.18. The first-order chi connectivity index (χ1) is 23.9. The quantitative estimate of drug-likeness (QED) is 0.0657. The molecule has 2 N–H and O–H groups in total. The van der Waals surface area contributed by atoms with E-state index in [9.17, 15) is 4.79 Å². The first kappa shape index (κ1) is 38.4. The van der Waals surface area contributed by atoms with Crippen LogP contribution < -0.4 is 18.9 Å². The fourth-order valence-electron chi connectivity index (χ4n) is 5.30. The Morgan fingerprint density at radius 3 is 2.08 bits per heavy atom. The fraction of sp³-hybridized carbons (Fsp3) is 0.317. The van der Waals surface area contributed by atoms with Gasteiger partial charge < -0.3 is 34.2 Å². The summed E-state index contributed by atoms with van der Waals surface area (Å²) >= 11 is 0. The van der Waals surface area contributed by atoms with Crippen molar-refractivity contribution in [2.75, 3.05) is 27.4 Å². The molecule has 260 valence electrons. The molecule has 4 aromatic carbocycles. The SMILES string of the molecule is C/C=C(/C(C)=N)c1cc(CC)c(OCCCOc2cccc(Oc3ccccc3C(=O)OC)c2CCC)cc1OCc1ccccc1.CO. The summed E-state index contributed by atoms with van der Waals surface area (Å²) in [7, 11) is 2.36. The normalized spacial score (nSPS) is 10.8. The third-order valence-electron chi connectivity index (χ3n) is 7.67. The zero-order valence-electron chi connectivity index (χ0n) is 29.5. The van der Waals surface area contributed by atoms with E-state index in [4.69, 9.17) is 34.2 Å². The number of hydrogen-bond acceptors (Lipinski definition) is 8. The van der Waals surface area contributed by atoms with Crippen molar-refractivity contribution in [1.82, 2.24) is 0 Å². The van der Waals surface area contributed by atoms with Gasteiger partial charge in [-0.05, 0) is 68.1 Å². The van der Waals surface area contributed by atoms with Crippen LogP contribution in [0.2, 0.25) is 0 Å². The average molecular weight is 668 g/mol. The van der Waals surface area contributed by atoms with E-state index in [0.717, 1.165) is 65.7 Å². The molecule has 0 aromatic heterocycles. The van der Waals surface area contributed by atoms with E-state index >= 15 is 0 Å². The molecular formula is C41H49NO7. The van der Waals surface area contributed by atoms with Crippen LogP contribution in [0.3, 0.4) is 0 Å². The van der Waals surface area contributed by atoms with E-state index in [1.54, 1.807) is 25.1 Å². The maximum absolute atomic E-state index is 12.3. The standard InChI is InChI=1S/C40H45NO6.CH4O/c1-6-16-32-35(21-14-22-36(32)47-37-20-13-12-19-33(37)40(42)43-5)44-23-15-24-45-38-26-39(46-27-29-17-10-9-11-18-29)34(25-30(38)7-2)31(8-3)28(4)41;1-2/h8-14,17-22,25-26,41H,6-7,15-16,23-24,27H2,1-5H3;2H,1H3/b31-8-,41-28?;. The van der Waals surface area contributed by atoms with Gasteiger partial charge in [0.1, 0.15) is 40.9 Å². The summed E-state index contributed by atoms with van der Waals surface area (Å²) < 4.78 is 30.1. The molecule has 0 amide bonds. The number of hydrogen-bond donors (Lipinski definition) is 2. The molecule has 0 aliphatic rings. The molecule has 0 heterocycles. The molecule has 49 heavy (non-hydrogen) atoms. The molecule has 0 spiro atoms. The van der Waals surface area contributed by atoms with Crippen LogP contribution in [0.15, 0.2) is 91.0 Å². The number of rotatable bonds is 17. The van der Waals surface area contributed by atoms with Gasteiger partial charge in [-0.25, -0.2) is 4.79 Å². The summed E-state index contributed by atoms with van der Waals surface area (Å²) in [6.07, 6.45) is 5.04. The number of benzene rings is 4. The predicted molar refractivity (Wildman–Crippen MR) is 196 cm³/mol. The highest BCUT2D eigenvalue weighted by Crippen LogP contribution is 2.36. The zero-order valence-corrected chi connectivity index (χ0v) is 29.5. The van der Waals surface area contributed by atoms with E-state index in [0.29, 0.717) is 54.8 Å². The molecule has 0 saturated heterocycles. The second-order valence-corrected chi connectivity index (χ2v) is 11.0. The lowest BCUT2D eigenvalue weighted by atomic mass is 9.97. The van der Waals surface area contributed by atoms with Gasteiger partial charge in [0.25, 0.3) is 0 Å². The van der Waals surface area contributed by atoms with Gasteiger partial charge in [-0.1, -0.05) is 74.9 Å². The number of aryl methyl sites for hydroxylation is 1. The topological polar surface area (TPSA) is 107 Å². The van der Waals surface area contributed by atoms with E-state index in [1.165, 1.54) is 7.11 Å². The highest BCUT2D eigenvalue weighted by molar-refractivity contribution is 6.21. The van der Waals surface area contributed by atoms with Crippen molar-refractivity contribution in [2.45, 2.75) is 60.0 Å². The number of para-hydroxylation sites is 1. The molecule has 8 heteroatoms. The van der Waals surface area contributed by atoms with Crippen LogP contribution in [0.1, 0.15) is 73.1 Å². The molecule has 4 rings (SSSR count). The van der Waals surface area contributed by atoms with Gasteiger partial charge in [-0.15, -0.1) is 0 Å². The van der Waals surface area contributed by atoms with Gasteiger partial charge >= 0.3 is 5.97 Å². The lowest BCUT2D eigenvalue weighted by Gasteiger charge is -2.19. The maximum atomic E-state index is 12.3. The third-order valence-corrected chi connectivity index (χ3v) is 7.67. The Kier molecular flexibility index (Phi) is 15.9. The molecule has 0 fully saturated rings. The molecule has 0 aliphatic heterocycles. The fourth-order valence-corrected chi connectivity index (χ4v) is 5.30. The molecule has 4 aromatic rings. The molecule has 0 atom stereocenters. The minimum absolute atomic E-state index is 0.365. The van der Waals surface area contributed by atoms with Crippen molar-refractivity contribution in [1.29, 1.82) is 5.41 Å². The lowest BCUT2D eigenvalue weighted by molar-refractivity contribution is 0.0598. The number of allylic oxidation sites excluding steroid dienone is 2. The summed E-state index contributed by atoms with van der Waals surface area (Å²) in [6, 6.07) is 26.8. The largest absolute Gasteiger partial charge is 0.493 e. The summed E-state index contributed by atoms with van der Waals surface area (Å²) in [5.41, 5.74) is 5.64. The number of nitrogens with one attached hydrogen (secondary N) is 1. The van der Waals surface area contributed by atoms with Crippen molar-refractivity contribution in [3.63, 3.8) is 0 Å². The predicted octanol–water partition coefficient (Wildman–Crippen LogP) is 9.26. The van der Waals surface area contributed by atoms with Gasteiger partial charge in [-0.3, -0.25) is 0 Å². The Balaban J connectivity index is 0.00000319. The summed E-state index contributed by atoms with van der Waals surface area (Å²) in [5.74, 6) is 2.83. The van der Waals surface area contributed by atoms with Crippen LogP contribution in [0, 0.1) is 5.41 Å². The molecule has 0 radical (unpaired) electrons. The number of carbonyl (C=O) groups is 1. The van der Waals surface area contributed by atoms with Gasteiger partial charge in [0, 0.05) is 42.0 Å². The van der Waals surface area contributed by atoms with E-state index in [1.807, 2.05) is 73.7 Å². The number of ether oxygens (including phenoxy) is 5. The van der Waals surface area contributed by atoms with Gasteiger partial charge in [-0.2, -0.15) is 0 Å². The summed E-state index contributed by atoms with van der Waals surface area (Å²) in [6.45, 7) is 9.26. The number of methoxy groups -OCH3 is 1. The van der Waals surface area contributed by atoms with Crippen LogP contribution in [0.4, 0.5) is 0 Å². The molecule has 0 saturated carbocycles. The van der Waals surface area contributed by atoms with Crippen molar-refractivity contribution < 1.29 is 33.6 Å². The second kappa shape index (κ2) is 20.3. The summed E-state index contributed by atoms with van der Waals surface area (Å²) in [5, 5.41) is 15.3. The molecule has 0 unspecified atom stereocenters. The van der Waals surface area contributed by atoms with Crippen molar-refractivity contribution in [2.24, 2.45) is 0 Å². The van der Waals surface area contributed by atoms with Crippen molar-refractivity contribution in [3.8, 4) is 28.7 Å². The minimum Gasteiger partial charge on any atom is -0.493 e. The first-order valence-corrected chi connectivity index (χ1v) is 16.6. The maximum Gasteiger partial charge on any atom is 0.341 e. The van der Waals surface area contributed by atoms with Crippen LogP contribution in [0.25, 0.3) is 5.57 Å². The van der Waals surface area contributed by atoms with E-state index < -0.39 is 5.97 Å².